The van der Waals surface area contributed by atoms with E-state index >= 15 is 0 Å². The summed E-state index contributed by atoms with van der Waals surface area (Å²) < 4.78 is 47.1. The van der Waals surface area contributed by atoms with Crippen LogP contribution in [0.1, 0.15) is 28.9 Å². The van der Waals surface area contributed by atoms with Crippen molar-refractivity contribution in [1.29, 1.82) is 0 Å². The van der Waals surface area contributed by atoms with E-state index in [1.165, 1.54) is 11.3 Å². The molecule has 12 heteroatoms. The van der Waals surface area contributed by atoms with Gasteiger partial charge in [-0.15, -0.1) is 21.5 Å². The fourth-order valence-corrected chi connectivity index (χ4v) is 3.70. The molecule has 33 heavy (non-hydrogen) atoms. The van der Waals surface area contributed by atoms with Gasteiger partial charge >= 0.3 is 6.18 Å². The van der Waals surface area contributed by atoms with E-state index in [0.29, 0.717) is 17.7 Å². The van der Waals surface area contributed by atoms with E-state index in [0.717, 1.165) is 15.6 Å². The highest BCUT2D eigenvalue weighted by Gasteiger charge is 2.36. The van der Waals surface area contributed by atoms with Crippen LogP contribution in [0, 0.1) is 0 Å². The van der Waals surface area contributed by atoms with Gasteiger partial charge in [-0.25, -0.2) is 4.68 Å². The normalized spacial score (nSPS) is 12.6. The van der Waals surface area contributed by atoms with Gasteiger partial charge in [0.25, 0.3) is 5.89 Å². The summed E-state index contributed by atoms with van der Waals surface area (Å²) in [6.07, 6.45) is -4.29. The number of hydrogen-bond donors (Lipinski definition) is 2. The van der Waals surface area contributed by atoms with E-state index in [-0.39, 0.29) is 29.9 Å². The van der Waals surface area contributed by atoms with E-state index < -0.39 is 17.9 Å². The average molecular weight is 476 g/mol. The summed E-state index contributed by atoms with van der Waals surface area (Å²) in [6, 6.07) is 10.6. The molecular formula is C21H19F3N6O2S. The highest BCUT2D eigenvalue weighted by molar-refractivity contribution is 7.09. The standard InChI is InChI=1S/C21H19F3N6O2S/c1-12(25)19(31)26-11-13-4-2-5-14(8-13)30-16(10-17(29-30)21(22,23)24)20-28-27-18(32-20)9-15-6-3-7-33-15/h2-8,10,12H,9,11,25H2,1H3,(H,26,31)/t12-/m0/s1. The zero-order chi connectivity index (χ0) is 23.6. The van der Waals surface area contributed by atoms with Crippen molar-refractivity contribution >= 4 is 17.2 Å². The smallest absolute Gasteiger partial charge is 0.419 e. The Balaban J connectivity index is 1.67. The first kappa shape index (κ1) is 22.7. The Morgan fingerprint density at radius 3 is 2.76 bits per heavy atom. The molecule has 1 aromatic carbocycles. The molecule has 0 fully saturated rings. The van der Waals surface area contributed by atoms with E-state index in [4.69, 9.17) is 10.2 Å². The van der Waals surface area contributed by atoms with Gasteiger partial charge in [-0.2, -0.15) is 18.3 Å². The maximum absolute atomic E-state index is 13.4. The fourth-order valence-electron chi connectivity index (χ4n) is 3.01. The van der Waals surface area contributed by atoms with E-state index in [1.807, 2.05) is 17.5 Å². The van der Waals surface area contributed by atoms with Gasteiger partial charge in [0.2, 0.25) is 11.8 Å². The van der Waals surface area contributed by atoms with Crippen LogP contribution in [0.3, 0.4) is 0 Å². The summed E-state index contributed by atoms with van der Waals surface area (Å²) in [5.74, 6) is -0.148. The first-order valence-electron chi connectivity index (χ1n) is 9.85. The molecule has 8 nitrogen and oxygen atoms in total. The Morgan fingerprint density at radius 2 is 2.06 bits per heavy atom. The van der Waals surface area contributed by atoms with Crippen LogP contribution in [0.5, 0.6) is 0 Å². The number of halogens is 3. The van der Waals surface area contributed by atoms with E-state index in [2.05, 4.69) is 20.6 Å². The molecule has 0 saturated carbocycles. The lowest BCUT2D eigenvalue weighted by molar-refractivity contribution is -0.141. The Kier molecular flexibility index (Phi) is 6.29. The summed E-state index contributed by atoms with van der Waals surface area (Å²) in [7, 11) is 0. The molecule has 0 saturated heterocycles. The maximum Gasteiger partial charge on any atom is 0.435 e. The number of nitrogens with two attached hydrogens (primary N) is 1. The van der Waals surface area contributed by atoms with Crippen LogP contribution in [0.2, 0.25) is 0 Å². The highest BCUT2D eigenvalue weighted by atomic mass is 32.1. The third-order valence-corrected chi connectivity index (χ3v) is 5.50. The number of benzene rings is 1. The van der Waals surface area contributed by atoms with Crippen molar-refractivity contribution in [2.75, 3.05) is 0 Å². The van der Waals surface area contributed by atoms with E-state index in [9.17, 15) is 18.0 Å². The predicted molar refractivity (Wildman–Crippen MR) is 114 cm³/mol. The predicted octanol–water partition coefficient (Wildman–Crippen LogP) is 3.56. The number of rotatable bonds is 7. The molecule has 172 valence electrons. The molecule has 4 aromatic rings. The van der Waals surface area contributed by atoms with Crippen molar-refractivity contribution < 1.29 is 22.4 Å². The number of nitrogens with one attached hydrogen (secondary N) is 1. The zero-order valence-electron chi connectivity index (χ0n) is 17.3. The number of alkyl halides is 3. The van der Waals surface area contributed by atoms with Crippen LogP contribution in [-0.4, -0.2) is 31.9 Å². The average Bonchev–Trinajstić information content (AvgIpc) is 3.52. The Hall–Kier alpha value is -3.51. The molecule has 3 heterocycles. The van der Waals surface area contributed by atoms with Gasteiger partial charge in [0, 0.05) is 17.5 Å². The van der Waals surface area contributed by atoms with Crippen LogP contribution in [0.15, 0.2) is 52.3 Å². The Labute approximate surface area is 190 Å². The van der Waals surface area contributed by atoms with Gasteiger partial charge in [0.05, 0.1) is 18.2 Å². The third kappa shape index (κ3) is 5.29. The Morgan fingerprint density at radius 1 is 1.24 bits per heavy atom. The number of carbonyl (C=O) groups is 1. The SMILES string of the molecule is C[C@H](N)C(=O)NCc1cccc(-n2nc(C(F)(F)F)cc2-c2nnc(Cc3cccs3)o2)c1. The first-order chi connectivity index (χ1) is 15.7. The molecule has 0 unspecified atom stereocenters. The second kappa shape index (κ2) is 9.16. The van der Waals surface area contributed by atoms with Crippen LogP contribution < -0.4 is 11.1 Å². The van der Waals surface area contributed by atoms with Crippen LogP contribution in [0.25, 0.3) is 17.3 Å². The van der Waals surface area contributed by atoms with Crippen molar-refractivity contribution in [2.45, 2.75) is 32.1 Å². The molecule has 1 amide bonds. The number of hydrogen-bond acceptors (Lipinski definition) is 7. The molecule has 0 aliphatic carbocycles. The van der Waals surface area contributed by atoms with Crippen molar-refractivity contribution in [3.63, 3.8) is 0 Å². The summed E-state index contributed by atoms with van der Waals surface area (Å²) >= 11 is 1.51. The molecule has 0 bridgehead atoms. The van der Waals surface area contributed by atoms with Crippen LogP contribution in [-0.2, 0) is 23.9 Å². The monoisotopic (exact) mass is 476 g/mol. The van der Waals surface area contributed by atoms with Crippen molar-refractivity contribution in [3.05, 3.63) is 69.9 Å². The number of aromatic nitrogens is 4. The Bertz CT molecular complexity index is 1250. The molecular weight excluding hydrogens is 457 g/mol. The minimum Gasteiger partial charge on any atom is -0.419 e. The second-order valence-electron chi connectivity index (χ2n) is 7.26. The van der Waals surface area contributed by atoms with Gasteiger partial charge in [0.15, 0.2) is 5.69 Å². The topological polar surface area (TPSA) is 112 Å². The van der Waals surface area contributed by atoms with Gasteiger partial charge in [-0.3, -0.25) is 4.79 Å². The molecule has 0 spiro atoms. The van der Waals surface area contributed by atoms with Gasteiger partial charge in [-0.05, 0) is 36.1 Å². The molecule has 3 N–H and O–H groups in total. The molecule has 0 aliphatic rings. The summed E-state index contributed by atoms with van der Waals surface area (Å²) in [6.45, 7) is 1.71. The number of amides is 1. The summed E-state index contributed by atoms with van der Waals surface area (Å²) in [4.78, 5) is 12.7. The van der Waals surface area contributed by atoms with E-state index in [1.54, 1.807) is 31.2 Å². The van der Waals surface area contributed by atoms with Gasteiger partial charge in [-0.1, -0.05) is 18.2 Å². The number of thiophene rings is 1. The molecule has 0 radical (unpaired) electrons. The molecule has 3 aromatic heterocycles. The van der Waals surface area contributed by atoms with Crippen molar-refractivity contribution in [3.8, 4) is 17.3 Å². The van der Waals surface area contributed by atoms with Gasteiger partial charge in [0.1, 0.15) is 5.69 Å². The van der Waals surface area contributed by atoms with Crippen LogP contribution in [0.4, 0.5) is 13.2 Å². The number of nitrogens with zero attached hydrogens (tertiary/aromatic N) is 4. The third-order valence-electron chi connectivity index (χ3n) is 4.63. The van der Waals surface area contributed by atoms with Gasteiger partial charge < -0.3 is 15.5 Å². The highest BCUT2D eigenvalue weighted by Crippen LogP contribution is 2.33. The summed E-state index contributed by atoms with van der Waals surface area (Å²) in [5, 5.41) is 16.2. The largest absolute Gasteiger partial charge is 0.435 e. The van der Waals surface area contributed by atoms with Crippen LogP contribution >= 0.6 is 11.3 Å². The molecule has 1 atom stereocenters. The fraction of sp³-hybridized carbons (Fsp3) is 0.238. The summed E-state index contributed by atoms with van der Waals surface area (Å²) in [5.41, 5.74) is 5.44. The first-order valence-corrected chi connectivity index (χ1v) is 10.7. The van der Waals surface area contributed by atoms with Crippen molar-refractivity contribution in [1.82, 2.24) is 25.3 Å². The van der Waals surface area contributed by atoms with Crippen molar-refractivity contribution in [2.24, 2.45) is 5.73 Å². The lowest BCUT2D eigenvalue weighted by Crippen LogP contribution is -2.37. The zero-order valence-corrected chi connectivity index (χ0v) is 18.2. The minimum atomic E-state index is -4.66. The lowest BCUT2D eigenvalue weighted by atomic mass is 10.2. The lowest BCUT2D eigenvalue weighted by Gasteiger charge is -2.10. The molecule has 4 rings (SSSR count). The quantitative estimate of drug-likeness (QED) is 0.422. The second-order valence-corrected chi connectivity index (χ2v) is 8.29. The molecule has 0 aliphatic heterocycles. The number of carbonyl (C=O) groups excluding carboxylic acids is 1. The maximum atomic E-state index is 13.4. The minimum absolute atomic E-state index is 0.00372.